The van der Waals surface area contributed by atoms with E-state index in [1.165, 1.54) is 19.3 Å². The number of halogens is 1. The Balaban J connectivity index is 2.69. The second-order valence-electron chi connectivity index (χ2n) is 1.90. The van der Waals surface area contributed by atoms with Gasteiger partial charge in [-0.1, -0.05) is 6.42 Å². The summed E-state index contributed by atoms with van der Waals surface area (Å²) >= 11 is 2.16. The van der Waals surface area contributed by atoms with Crippen LogP contribution in [-0.2, 0) is 0 Å². The molecule has 0 saturated carbocycles. The summed E-state index contributed by atoms with van der Waals surface area (Å²) in [5.74, 6) is 2.62. The number of terminal acetylenes is 1. The standard InChI is InChI=1S/C7H12IN/c1-2-3-4-5-6-7-9-8/h1,9H,3-7H2. The van der Waals surface area contributed by atoms with Gasteiger partial charge in [0.05, 0.1) is 0 Å². The maximum atomic E-state index is 5.08. The molecule has 0 aromatic heterocycles. The zero-order valence-corrected chi connectivity index (χ0v) is 7.65. The van der Waals surface area contributed by atoms with Crippen molar-refractivity contribution in [3.63, 3.8) is 0 Å². The van der Waals surface area contributed by atoms with Crippen molar-refractivity contribution in [3.05, 3.63) is 0 Å². The third-order valence-electron chi connectivity index (χ3n) is 1.09. The molecule has 0 aliphatic heterocycles. The lowest BCUT2D eigenvalue weighted by atomic mass is 10.2. The average molecular weight is 237 g/mol. The molecule has 9 heavy (non-hydrogen) atoms. The Hall–Kier alpha value is 0.250. The van der Waals surface area contributed by atoms with Crippen molar-refractivity contribution in [2.24, 2.45) is 0 Å². The van der Waals surface area contributed by atoms with Crippen LogP contribution in [0, 0.1) is 12.3 Å². The molecule has 0 bridgehead atoms. The first-order chi connectivity index (χ1) is 4.41. The van der Waals surface area contributed by atoms with Gasteiger partial charge in [0.2, 0.25) is 0 Å². The maximum absolute atomic E-state index is 5.08. The number of rotatable bonds is 5. The molecule has 1 N–H and O–H groups in total. The van der Waals surface area contributed by atoms with E-state index in [2.05, 4.69) is 32.3 Å². The quantitative estimate of drug-likeness (QED) is 0.334. The highest BCUT2D eigenvalue weighted by atomic mass is 127. The number of hydrogen-bond donors (Lipinski definition) is 1. The molecule has 0 spiro atoms. The molecule has 0 aromatic carbocycles. The maximum Gasteiger partial charge on any atom is 0.0169 e. The molecule has 0 unspecified atom stereocenters. The monoisotopic (exact) mass is 237 g/mol. The SMILES string of the molecule is C#CCCCCCNI. The van der Waals surface area contributed by atoms with Crippen molar-refractivity contribution in [1.29, 1.82) is 0 Å². The minimum absolute atomic E-state index is 0.932. The van der Waals surface area contributed by atoms with Gasteiger partial charge >= 0.3 is 0 Å². The smallest absolute Gasteiger partial charge is 0.0169 e. The topological polar surface area (TPSA) is 12.0 Å². The van der Waals surface area contributed by atoms with Crippen LogP contribution < -0.4 is 3.53 Å². The van der Waals surface area contributed by atoms with E-state index >= 15 is 0 Å². The minimum atomic E-state index is 0.932. The first-order valence-electron chi connectivity index (χ1n) is 3.18. The molecule has 0 amide bonds. The predicted molar refractivity (Wildman–Crippen MR) is 49.3 cm³/mol. The summed E-state index contributed by atoms with van der Waals surface area (Å²) in [7, 11) is 0. The fourth-order valence-electron chi connectivity index (χ4n) is 0.596. The molecule has 0 aliphatic rings. The fourth-order valence-corrected chi connectivity index (χ4v) is 0.977. The third kappa shape index (κ3) is 8.25. The van der Waals surface area contributed by atoms with Crippen LogP contribution in [-0.4, -0.2) is 6.54 Å². The van der Waals surface area contributed by atoms with Gasteiger partial charge in [-0.15, -0.1) is 12.3 Å². The van der Waals surface area contributed by atoms with E-state index in [1.54, 1.807) is 0 Å². The predicted octanol–water partition coefficient (Wildman–Crippen LogP) is 2.12. The van der Waals surface area contributed by atoms with Gasteiger partial charge in [0.25, 0.3) is 0 Å². The van der Waals surface area contributed by atoms with E-state index in [0.29, 0.717) is 0 Å². The lowest BCUT2D eigenvalue weighted by Gasteiger charge is -1.94. The molecule has 0 radical (unpaired) electrons. The van der Waals surface area contributed by atoms with Gasteiger partial charge in [-0.25, -0.2) is 0 Å². The van der Waals surface area contributed by atoms with Crippen molar-refractivity contribution >= 4 is 22.9 Å². The molecule has 0 aliphatic carbocycles. The number of unbranched alkanes of at least 4 members (excludes halogenated alkanes) is 3. The van der Waals surface area contributed by atoms with Gasteiger partial charge in [0.1, 0.15) is 0 Å². The van der Waals surface area contributed by atoms with Gasteiger partial charge in [0.15, 0.2) is 0 Å². The van der Waals surface area contributed by atoms with Crippen molar-refractivity contribution < 1.29 is 0 Å². The summed E-state index contributed by atoms with van der Waals surface area (Å²) in [6, 6.07) is 0. The zero-order valence-electron chi connectivity index (χ0n) is 5.49. The van der Waals surface area contributed by atoms with Crippen molar-refractivity contribution in [3.8, 4) is 12.3 Å². The summed E-state index contributed by atoms with van der Waals surface area (Å²) in [6.07, 6.45) is 9.67. The molecule has 0 saturated heterocycles. The summed E-state index contributed by atoms with van der Waals surface area (Å²) in [6.45, 7) is 1.10. The van der Waals surface area contributed by atoms with Gasteiger partial charge < -0.3 is 0 Å². The second-order valence-corrected chi connectivity index (χ2v) is 2.66. The first kappa shape index (κ1) is 9.25. The molecule has 1 nitrogen and oxygen atoms in total. The van der Waals surface area contributed by atoms with Gasteiger partial charge in [-0.3, -0.25) is 3.53 Å². The van der Waals surface area contributed by atoms with Crippen LogP contribution in [0.25, 0.3) is 0 Å². The first-order valence-corrected chi connectivity index (χ1v) is 4.26. The second kappa shape index (κ2) is 8.25. The Morgan fingerprint density at radius 2 is 2.11 bits per heavy atom. The summed E-state index contributed by atoms with van der Waals surface area (Å²) in [5, 5.41) is 0. The Morgan fingerprint density at radius 1 is 1.33 bits per heavy atom. The van der Waals surface area contributed by atoms with Gasteiger partial charge in [-0.05, 0) is 12.8 Å². The van der Waals surface area contributed by atoms with Crippen LogP contribution in [0.1, 0.15) is 25.7 Å². The largest absolute Gasteiger partial charge is 0.261 e. The average Bonchev–Trinajstić information content (AvgIpc) is 1.89. The van der Waals surface area contributed by atoms with Crippen LogP contribution in [0.2, 0.25) is 0 Å². The lowest BCUT2D eigenvalue weighted by molar-refractivity contribution is 0.692. The molecule has 52 valence electrons. The van der Waals surface area contributed by atoms with Gasteiger partial charge in [-0.2, -0.15) is 0 Å². The van der Waals surface area contributed by atoms with Crippen molar-refractivity contribution in [2.45, 2.75) is 25.7 Å². The van der Waals surface area contributed by atoms with Crippen LogP contribution in [0.5, 0.6) is 0 Å². The Bertz CT molecular complexity index is 85.4. The summed E-state index contributed by atoms with van der Waals surface area (Å²) < 4.78 is 3.06. The molecule has 0 aromatic rings. The molecule has 0 atom stereocenters. The highest BCUT2D eigenvalue weighted by molar-refractivity contribution is 14.1. The minimum Gasteiger partial charge on any atom is -0.261 e. The highest BCUT2D eigenvalue weighted by Crippen LogP contribution is 1.97. The highest BCUT2D eigenvalue weighted by Gasteiger charge is 1.84. The Morgan fingerprint density at radius 3 is 2.67 bits per heavy atom. The van der Waals surface area contributed by atoms with E-state index in [4.69, 9.17) is 6.42 Å². The molecule has 0 heterocycles. The molecule has 0 rings (SSSR count). The van der Waals surface area contributed by atoms with E-state index in [-0.39, 0.29) is 0 Å². The van der Waals surface area contributed by atoms with E-state index in [9.17, 15) is 0 Å². The lowest BCUT2D eigenvalue weighted by Crippen LogP contribution is -1.98. The zero-order chi connectivity index (χ0) is 6.95. The van der Waals surface area contributed by atoms with Crippen molar-refractivity contribution in [1.82, 2.24) is 3.53 Å². The number of nitrogens with one attached hydrogen (secondary N) is 1. The summed E-state index contributed by atoms with van der Waals surface area (Å²) in [4.78, 5) is 0. The van der Waals surface area contributed by atoms with E-state index in [0.717, 1.165) is 13.0 Å². The molecular formula is C7H12IN. The van der Waals surface area contributed by atoms with Crippen LogP contribution in [0.15, 0.2) is 0 Å². The third-order valence-corrected chi connectivity index (χ3v) is 1.63. The molecule has 0 fully saturated rings. The van der Waals surface area contributed by atoms with E-state index in [1.807, 2.05) is 0 Å². The van der Waals surface area contributed by atoms with Crippen LogP contribution in [0.3, 0.4) is 0 Å². The van der Waals surface area contributed by atoms with E-state index < -0.39 is 0 Å². The molecular weight excluding hydrogens is 225 g/mol. The Kier molecular flexibility index (Phi) is 8.48. The van der Waals surface area contributed by atoms with Crippen LogP contribution >= 0.6 is 22.9 Å². The number of hydrogen-bond acceptors (Lipinski definition) is 1. The fraction of sp³-hybridized carbons (Fsp3) is 0.714. The summed E-state index contributed by atoms with van der Waals surface area (Å²) in [5.41, 5.74) is 0. The van der Waals surface area contributed by atoms with Crippen LogP contribution in [0.4, 0.5) is 0 Å². The molecule has 2 heteroatoms. The Labute approximate surface area is 71.1 Å². The normalized spacial score (nSPS) is 8.89. The van der Waals surface area contributed by atoms with Crippen molar-refractivity contribution in [2.75, 3.05) is 6.54 Å². The van der Waals surface area contributed by atoms with Gasteiger partial charge in [0, 0.05) is 35.8 Å².